The molecule has 1 amide bonds. The number of fused-ring (bicyclic) bond motifs is 1. The van der Waals surface area contributed by atoms with E-state index in [1.807, 2.05) is 72.8 Å². The summed E-state index contributed by atoms with van der Waals surface area (Å²) >= 11 is 0. The number of aromatic hydroxyl groups is 1. The summed E-state index contributed by atoms with van der Waals surface area (Å²) in [6.45, 7) is 0. The summed E-state index contributed by atoms with van der Waals surface area (Å²) in [5, 5.41) is 13.6. The third-order valence-corrected chi connectivity index (χ3v) is 6.60. The number of nitrogens with zero attached hydrogens (tertiary/aromatic N) is 6. The van der Waals surface area contributed by atoms with Gasteiger partial charge in [0.15, 0.2) is 5.84 Å². The molecule has 8 nitrogen and oxygen atoms in total. The van der Waals surface area contributed by atoms with Crippen LogP contribution in [-0.2, 0) is 11.2 Å². The maximum atomic E-state index is 13.6. The van der Waals surface area contributed by atoms with Crippen LogP contribution in [0.25, 0.3) is 33.3 Å². The lowest BCUT2D eigenvalue weighted by molar-refractivity contribution is -0.120. The molecule has 2 aliphatic heterocycles. The van der Waals surface area contributed by atoms with E-state index in [0.717, 1.165) is 22.3 Å². The van der Waals surface area contributed by atoms with E-state index in [9.17, 15) is 9.90 Å². The SMILES string of the molecule is [N-]=[N+]=Nc1cc(/C=C2\N=C3C(Cc4ccccc4)=NC(c4ccc(O)cc4)=CN3C2=O)ccc1-c1ccccc1. The lowest BCUT2D eigenvalue weighted by atomic mass is 10.0. The molecule has 0 saturated carbocycles. The van der Waals surface area contributed by atoms with Gasteiger partial charge in [-0.15, -0.1) is 0 Å². The third-order valence-electron chi connectivity index (χ3n) is 6.60. The van der Waals surface area contributed by atoms with E-state index >= 15 is 0 Å². The van der Waals surface area contributed by atoms with Crippen LogP contribution < -0.4 is 0 Å². The predicted molar refractivity (Wildman–Crippen MR) is 157 cm³/mol. The van der Waals surface area contributed by atoms with E-state index < -0.39 is 0 Å². The highest BCUT2D eigenvalue weighted by Crippen LogP contribution is 2.33. The molecule has 0 radical (unpaired) electrons. The van der Waals surface area contributed by atoms with Crippen LogP contribution in [0.2, 0.25) is 0 Å². The molecule has 0 atom stereocenters. The van der Waals surface area contributed by atoms with E-state index in [1.54, 1.807) is 42.6 Å². The first-order chi connectivity index (χ1) is 19.6. The lowest BCUT2D eigenvalue weighted by Crippen LogP contribution is -2.36. The van der Waals surface area contributed by atoms with Crippen LogP contribution in [0.5, 0.6) is 5.75 Å². The molecule has 0 spiro atoms. The third kappa shape index (κ3) is 4.90. The van der Waals surface area contributed by atoms with Gasteiger partial charge in [-0.25, -0.2) is 9.98 Å². The number of carbonyl (C=O) groups is 1. The summed E-state index contributed by atoms with van der Waals surface area (Å²) in [5.74, 6) is 0.333. The second-order valence-electron chi connectivity index (χ2n) is 9.25. The highest BCUT2D eigenvalue weighted by Gasteiger charge is 2.35. The summed E-state index contributed by atoms with van der Waals surface area (Å²) in [4.78, 5) is 27.7. The van der Waals surface area contributed by atoms with E-state index in [4.69, 9.17) is 15.5 Å². The Morgan fingerprint density at radius 3 is 2.33 bits per heavy atom. The van der Waals surface area contributed by atoms with E-state index in [1.165, 1.54) is 4.90 Å². The molecule has 2 heterocycles. The summed E-state index contributed by atoms with van der Waals surface area (Å²) < 4.78 is 0. The molecule has 0 bridgehead atoms. The van der Waals surface area contributed by atoms with Gasteiger partial charge in [0.25, 0.3) is 5.91 Å². The van der Waals surface area contributed by atoms with Crippen LogP contribution in [0, 0.1) is 0 Å². The number of carbonyl (C=O) groups excluding carboxylic acids is 1. The Balaban J connectivity index is 1.40. The van der Waals surface area contributed by atoms with Crippen molar-refractivity contribution in [1.29, 1.82) is 0 Å². The molecule has 0 aliphatic carbocycles. The standard InChI is InChI=1S/C32H22N6O2/c33-37-36-27-18-22(11-16-26(27)23-9-5-2-6-10-23)19-29-32(40)38-20-30(24-12-14-25(39)15-13-24)34-28(31(38)35-29)17-21-7-3-1-4-8-21/h1-16,18-20,39H,17H2/b29-19-. The van der Waals surface area contributed by atoms with Crippen molar-refractivity contribution in [3.8, 4) is 16.9 Å². The maximum Gasteiger partial charge on any atom is 0.282 e. The van der Waals surface area contributed by atoms with Gasteiger partial charge >= 0.3 is 0 Å². The Kier molecular flexibility index (Phi) is 6.50. The van der Waals surface area contributed by atoms with Crippen molar-refractivity contribution in [2.45, 2.75) is 6.42 Å². The lowest BCUT2D eigenvalue weighted by Gasteiger charge is -2.22. The smallest absolute Gasteiger partial charge is 0.282 e. The van der Waals surface area contributed by atoms with Crippen molar-refractivity contribution in [2.24, 2.45) is 15.1 Å². The molecule has 2 aliphatic rings. The van der Waals surface area contributed by atoms with Gasteiger partial charge in [-0.05, 0) is 64.2 Å². The average Bonchev–Trinajstić information content (AvgIpc) is 3.30. The number of amides is 1. The van der Waals surface area contributed by atoms with Gasteiger partial charge < -0.3 is 5.11 Å². The minimum atomic E-state index is -0.288. The quantitative estimate of drug-likeness (QED) is 0.124. The fraction of sp³-hybridized carbons (Fsp3) is 0.0312. The zero-order valence-corrected chi connectivity index (χ0v) is 21.2. The van der Waals surface area contributed by atoms with Gasteiger partial charge in [0.2, 0.25) is 0 Å². The van der Waals surface area contributed by atoms with Crippen LogP contribution >= 0.6 is 0 Å². The first kappa shape index (κ1) is 24.6. The van der Waals surface area contributed by atoms with E-state index in [0.29, 0.717) is 34.9 Å². The summed E-state index contributed by atoms with van der Waals surface area (Å²) in [6.07, 6.45) is 3.85. The van der Waals surface area contributed by atoms with Crippen LogP contribution in [-0.4, -0.2) is 27.5 Å². The molecular formula is C32H22N6O2. The summed E-state index contributed by atoms with van der Waals surface area (Å²) in [7, 11) is 0. The van der Waals surface area contributed by atoms with Crippen molar-refractivity contribution >= 4 is 34.9 Å². The number of phenolic OH excluding ortho intramolecular Hbond substituents is 1. The number of hydrogen-bond donors (Lipinski definition) is 1. The molecule has 4 aromatic rings. The van der Waals surface area contributed by atoms with Crippen LogP contribution in [0.15, 0.2) is 130 Å². The normalized spacial score (nSPS) is 15.2. The molecular weight excluding hydrogens is 500 g/mol. The van der Waals surface area contributed by atoms with Crippen LogP contribution in [0.4, 0.5) is 5.69 Å². The van der Waals surface area contributed by atoms with Gasteiger partial charge in [0.1, 0.15) is 11.4 Å². The molecule has 0 aromatic heterocycles. The predicted octanol–water partition coefficient (Wildman–Crippen LogP) is 7.28. The molecule has 192 valence electrons. The maximum absolute atomic E-state index is 13.6. The van der Waals surface area contributed by atoms with Gasteiger partial charge in [0, 0.05) is 28.8 Å². The summed E-state index contributed by atoms with van der Waals surface area (Å²) in [5.41, 5.74) is 15.3. The zero-order valence-electron chi connectivity index (χ0n) is 21.2. The Morgan fingerprint density at radius 2 is 1.60 bits per heavy atom. The first-order valence-corrected chi connectivity index (χ1v) is 12.6. The number of phenols is 1. The average molecular weight is 523 g/mol. The van der Waals surface area contributed by atoms with Crippen molar-refractivity contribution < 1.29 is 9.90 Å². The first-order valence-electron chi connectivity index (χ1n) is 12.6. The van der Waals surface area contributed by atoms with E-state index in [-0.39, 0.29) is 17.4 Å². The number of benzene rings is 4. The highest BCUT2D eigenvalue weighted by atomic mass is 16.3. The number of rotatable bonds is 6. The zero-order chi connectivity index (χ0) is 27.5. The molecule has 4 aromatic carbocycles. The minimum absolute atomic E-state index is 0.150. The van der Waals surface area contributed by atoms with Crippen molar-refractivity contribution in [3.05, 3.63) is 142 Å². The number of azide groups is 1. The molecule has 0 unspecified atom stereocenters. The van der Waals surface area contributed by atoms with Crippen molar-refractivity contribution in [2.75, 3.05) is 0 Å². The largest absolute Gasteiger partial charge is 0.508 e. The Bertz CT molecular complexity index is 1780. The van der Waals surface area contributed by atoms with Crippen molar-refractivity contribution in [1.82, 2.24) is 4.90 Å². The Hall–Kier alpha value is -5.72. The summed E-state index contributed by atoms with van der Waals surface area (Å²) in [6, 6.07) is 31.7. The fourth-order valence-corrected chi connectivity index (χ4v) is 4.67. The molecule has 0 saturated heterocycles. The number of aliphatic imine (C=N–C) groups is 2. The van der Waals surface area contributed by atoms with Gasteiger partial charge in [-0.2, -0.15) is 0 Å². The molecule has 1 N–H and O–H groups in total. The minimum Gasteiger partial charge on any atom is -0.508 e. The second-order valence-corrected chi connectivity index (χ2v) is 9.25. The van der Waals surface area contributed by atoms with Crippen LogP contribution in [0.1, 0.15) is 16.7 Å². The molecule has 40 heavy (non-hydrogen) atoms. The highest BCUT2D eigenvalue weighted by molar-refractivity contribution is 6.48. The molecule has 0 fully saturated rings. The Morgan fingerprint density at radius 1 is 0.875 bits per heavy atom. The van der Waals surface area contributed by atoms with Crippen molar-refractivity contribution in [3.63, 3.8) is 0 Å². The topological polar surface area (TPSA) is 114 Å². The monoisotopic (exact) mass is 522 g/mol. The van der Waals surface area contributed by atoms with Gasteiger partial charge in [0.05, 0.1) is 11.4 Å². The van der Waals surface area contributed by atoms with Gasteiger partial charge in [-0.3, -0.25) is 9.69 Å². The Labute approximate surface area is 230 Å². The number of hydrogen-bond acceptors (Lipinski definition) is 5. The molecule has 8 heteroatoms. The number of amidine groups is 1. The second kappa shape index (κ2) is 10.6. The van der Waals surface area contributed by atoms with Gasteiger partial charge in [-0.1, -0.05) is 77.9 Å². The van der Waals surface area contributed by atoms with E-state index in [2.05, 4.69) is 10.0 Å². The van der Waals surface area contributed by atoms with Crippen LogP contribution in [0.3, 0.4) is 0 Å². The molecule has 6 rings (SSSR count). The fourth-order valence-electron chi connectivity index (χ4n) is 4.67.